The first-order chi connectivity index (χ1) is 5.68. The third-order valence-electron chi connectivity index (χ3n) is 1.37. The lowest BCUT2D eigenvalue weighted by Gasteiger charge is -2.12. The highest BCUT2D eigenvalue weighted by atomic mass is 31.1. The lowest BCUT2D eigenvalue weighted by Crippen LogP contribution is -2.38. The van der Waals surface area contributed by atoms with Gasteiger partial charge < -0.3 is 15.6 Å². The van der Waals surface area contributed by atoms with Gasteiger partial charge in [-0.25, -0.2) is 4.79 Å². The van der Waals surface area contributed by atoms with E-state index in [4.69, 9.17) is 14.8 Å². The van der Waals surface area contributed by atoms with Gasteiger partial charge in [-0.15, -0.1) is 0 Å². The van der Waals surface area contributed by atoms with Gasteiger partial charge >= 0.3 is 14.3 Å². The minimum Gasteiger partial charge on any atom is -0.352 e. The molecule has 1 aliphatic heterocycles. The predicted octanol–water partition coefficient (Wildman–Crippen LogP) is 0.197. The van der Waals surface area contributed by atoms with Crippen LogP contribution in [0.4, 0.5) is 4.79 Å². The molecule has 12 heavy (non-hydrogen) atoms. The minimum atomic E-state index is -2.44. The first-order valence-corrected chi connectivity index (χ1v) is 4.80. The molecule has 7 heteroatoms. The molecule has 2 unspecified atom stereocenters. The van der Waals surface area contributed by atoms with Gasteiger partial charge in [0, 0.05) is 0 Å². The van der Waals surface area contributed by atoms with E-state index in [0.717, 1.165) is 0 Å². The van der Waals surface area contributed by atoms with Crippen LogP contribution in [0, 0.1) is 0 Å². The zero-order chi connectivity index (χ0) is 8.97. The van der Waals surface area contributed by atoms with Crippen LogP contribution in [0.5, 0.6) is 0 Å². The summed E-state index contributed by atoms with van der Waals surface area (Å²) in [5.41, 5.74) is 4.86. The molecule has 3 N–H and O–H groups in total. The van der Waals surface area contributed by atoms with Crippen LogP contribution in [-0.4, -0.2) is 18.9 Å². The highest BCUT2D eigenvalue weighted by Gasteiger charge is 2.17. The van der Waals surface area contributed by atoms with Crippen molar-refractivity contribution in [3.8, 4) is 0 Å². The Balaban J connectivity index is 2.41. The molecule has 0 aromatic rings. The molecule has 1 saturated heterocycles. The second-order valence-electron chi connectivity index (χ2n) is 2.36. The number of primary amides is 1. The standard InChI is InChI=1S/C5H11N2O4P/c6-5(8)7-4-2-1-3-10-12(9)11-4/h4,12H,1-3H2,(H3,6,7,8). The monoisotopic (exact) mass is 194 g/mol. The first-order valence-electron chi connectivity index (χ1n) is 3.58. The maximum atomic E-state index is 10.8. The highest BCUT2D eigenvalue weighted by molar-refractivity contribution is 7.33. The topological polar surface area (TPSA) is 90.7 Å². The number of hydrogen-bond donors (Lipinski definition) is 2. The van der Waals surface area contributed by atoms with Crippen LogP contribution in [0.1, 0.15) is 12.8 Å². The van der Waals surface area contributed by atoms with Gasteiger partial charge in [0.2, 0.25) is 0 Å². The number of carbonyl (C=O) groups is 1. The smallest absolute Gasteiger partial charge is 0.321 e. The Bertz CT molecular complexity index is 198. The molecule has 1 fully saturated rings. The Morgan fingerprint density at radius 1 is 1.67 bits per heavy atom. The lowest BCUT2D eigenvalue weighted by atomic mass is 10.3. The van der Waals surface area contributed by atoms with Gasteiger partial charge in [0.15, 0.2) is 0 Å². The minimum absolute atomic E-state index is 0.398. The van der Waals surface area contributed by atoms with Gasteiger partial charge in [-0.1, -0.05) is 0 Å². The third-order valence-corrected chi connectivity index (χ3v) is 2.29. The highest BCUT2D eigenvalue weighted by Crippen LogP contribution is 2.29. The van der Waals surface area contributed by atoms with E-state index < -0.39 is 20.5 Å². The van der Waals surface area contributed by atoms with Crippen molar-refractivity contribution in [2.45, 2.75) is 19.1 Å². The molecule has 6 nitrogen and oxygen atoms in total. The summed E-state index contributed by atoms with van der Waals surface area (Å²) in [6.45, 7) is 0.398. The Kier molecular flexibility index (Phi) is 3.52. The third kappa shape index (κ3) is 3.21. The van der Waals surface area contributed by atoms with Gasteiger partial charge in [-0.2, -0.15) is 0 Å². The molecular weight excluding hydrogens is 183 g/mol. The number of urea groups is 1. The van der Waals surface area contributed by atoms with Gasteiger partial charge in [-0.05, 0) is 12.8 Å². The molecule has 0 aliphatic carbocycles. The maximum absolute atomic E-state index is 10.8. The van der Waals surface area contributed by atoms with Crippen LogP contribution < -0.4 is 11.1 Å². The van der Waals surface area contributed by atoms with E-state index in [1.807, 2.05) is 0 Å². The molecule has 0 aromatic carbocycles. The Morgan fingerprint density at radius 3 is 3.08 bits per heavy atom. The summed E-state index contributed by atoms with van der Waals surface area (Å²) in [5, 5.41) is 2.31. The van der Waals surface area contributed by atoms with E-state index in [0.29, 0.717) is 19.4 Å². The quantitative estimate of drug-likeness (QED) is 0.583. The van der Waals surface area contributed by atoms with Crippen molar-refractivity contribution in [1.29, 1.82) is 0 Å². The summed E-state index contributed by atoms with van der Waals surface area (Å²) in [7, 11) is -2.44. The summed E-state index contributed by atoms with van der Waals surface area (Å²) in [5.74, 6) is 0. The fraction of sp³-hybridized carbons (Fsp3) is 0.800. The zero-order valence-corrected chi connectivity index (χ0v) is 7.41. The van der Waals surface area contributed by atoms with E-state index in [1.165, 1.54) is 0 Å². The Labute approximate surface area is 70.3 Å². The zero-order valence-electron chi connectivity index (χ0n) is 6.41. The van der Waals surface area contributed by atoms with E-state index in [1.54, 1.807) is 0 Å². The van der Waals surface area contributed by atoms with Crippen molar-refractivity contribution in [1.82, 2.24) is 5.32 Å². The number of carbonyl (C=O) groups excluding carboxylic acids is 1. The fourth-order valence-corrected chi connectivity index (χ4v) is 1.68. The molecule has 0 saturated carbocycles. The van der Waals surface area contributed by atoms with Crippen molar-refractivity contribution >= 4 is 14.3 Å². The van der Waals surface area contributed by atoms with Crippen molar-refractivity contribution < 1.29 is 18.4 Å². The molecular formula is C5H11N2O4P. The molecule has 1 aliphatic rings. The van der Waals surface area contributed by atoms with Gasteiger partial charge in [-0.3, -0.25) is 9.09 Å². The summed E-state index contributed by atoms with van der Waals surface area (Å²) in [4.78, 5) is 10.4. The molecule has 0 radical (unpaired) electrons. The fourth-order valence-electron chi connectivity index (χ4n) is 0.894. The second kappa shape index (κ2) is 4.45. The average Bonchev–Trinajstić information content (AvgIpc) is 2.12. The van der Waals surface area contributed by atoms with E-state index in [-0.39, 0.29) is 0 Å². The van der Waals surface area contributed by atoms with Crippen molar-refractivity contribution in [3.05, 3.63) is 0 Å². The van der Waals surface area contributed by atoms with Gasteiger partial charge in [0.05, 0.1) is 6.61 Å². The van der Waals surface area contributed by atoms with E-state index >= 15 is 0 Å². The SMILES string of the molecule is NC(=O)NC1CCCO[PH](=O)O1. The normalized spacial score (nSPS) is 30.7. The Hall–Kier alpha value is -0.580. The molecule has 0 bridgehead atoms. The molecule has 1 heterocycles. The van der Waals surface area contributed by atoms with E-state index in [9.17, 15) is 9.36 Å². The Morgan fingerprint density at radius 2 is 2.42 bits per heavy atom. The van der Waals surface area contributed by atoms with Crippen molar-refractivity contribution in [3.63, 3.8) is 0 Å². The largest absolute Gasteiger partial charge is 0.352 e. The second-order valence-corrected chi connectivity index (χ2v) is 3.38. The summed E-state index contributed by atoms with van der Waals surface area (Å²) in [6.07, 6.45) is 0.692. The van der Waals surface area contributed by atoms with Crippen LogP contribution >= 0.6 is 8.25 Å². The lowest BCUT2D eigenvalue weighted by molar-refractivity contribution is 0.160. The van der Waals surface area contributed by atoms with Crippen LogP contribution in [0.2, 0.25) is 0 Å². The number of hydrogen-bond acceptors (Lipinski definition) is 4. The van der Waals surface area contributed by atoms with Crippen LogP contribution in [0.15, 0.2) is 0 Å². The van der Waals surface area contributed by atoms with Gasteiger partial charge in [0.25, 0.3) is 0 Å². The number of nitrogens with one attached hydrogen (secondary N) is 1. The van der Waals surface area contributed by atoms with Crippen LogP contribution in [0.3, 0.4) is 0 Å². The molecule has 70 valence electrons. The summed E-state index contributed by atoms with van der Waals surface area (Å²) in [6, 6.07) is -0.684. The molecule has 2 amide bonds. The first kappa shape index (κ1) is 9.51. The summed E-state index contributed by atoms with van der Waals surface area (Å²) >= 11 is 0. The van der Waals surface area contributed by atoms with E-state index in [2.05, 4.69) is 5.32 Å². The van der Waals surface area contributed by atoms with Crippen molar-refractivity contribution in [2.75, 3.05) is 6.61 Å². The van der Waals surface area contributed by atoms with Crippen molar-refractivity contribution in [2.24, 2.45) is 5.73 Å². The average molecular weight is 194 g/mol. The van der Waals surface area contributed by atoms with Gasteiger partial charge in [0.1, 0.15) is 6.23 Å². The maximum Gasteiger partial charge on any atom is 0.321 e. The molecule has 1 rings (SSSR count). The predicted molar refractivity (Wildman–Crippen MR) is 41.8 cm³/mol. The molecule has 2 atom stereocenters. The number of nitrogens with two attached hydrogens (primary N) is 1. The number of rotatable bonds is 1. The molecule has 0 aromatic heterocycles. The summed E-state index contributed by atoms with van der Waals surface area (Å²) < 4.78 is 20.4. The molecule has 0 spiro atoms. The van der Waals surface area contributed by atoms with Crippen LogP contribution in [0.25, 0.3) is 0 Å². The number of amides is 2. The van der Waals surface area contributed by atoms with Crippen LogP contribution in [-0.2, 0) is 13.6 Å².